The molecule has 0 saturated carbocycles. The van der Waals surface area contributed by atoms with Crippen molar-refractivity contribution in [1.29, 1.82) is 5.41 Å². The Balaban J connectivity index is 2.48. The van der Waals surface area contributed by atoms with Crippen molar-refractivity contribution in [3.05, 3.63) is 46.1 Å². The minimum atomic E-state index is -0.0692. The summed E-state index contributed by atoms with van der Waals surface area (Å²) in [6, 6.07) is 5.87. The van der Waals surface area contributed by atoms with Crippen LogP contribution in [-0.2, 0) is 0 Å². The molecule has 5 heteroatoms. The van der Waals surface area contributed by atoms with Crippen LogP contribution >= 0.6 is 0 Å². The molecular weight excluding hydrogens is 252 g/mol. The minimum Gasteiger partial charge on any atom is -0.437 e. The first kappa shape index (κ1) is 14.0. The zero-order chi connectivity index (χ0) is 14.9. The summed E-state index contributed by atoms with van der Waals surface area (Å²) in [6.45, 7) is 7.67. The largest absolute Gasteiger partial charge is 0.437 e. The van der Waals surface area contributed by atoms with Gasteiger partial charge in [-0.05, 0) is 44.9 Å². The van der Waals surface area contributed by atoms with Gasteiger partial charge in [0.15, 0.2) is 0 Å². The molecule has 5 nitrogen and oxygen atoms in total. The number of nitrogens with one attached hydrogen (secondary N) is 1. The van der Waals surface area contributed by atoms with Crippen molar-refractivity contribution >= 4 is 5.84 Å². The number of nitrogens with two attached hydrogens (primary N) is 1. The van der Waals surface area contributed by atoms with Gasteiger partial charge in [0, 0.05) is 0 Å². The molecule has 0 amide bonds. The Labute approximate surface area is 118 Å². The molecule has 1 aromatic carbocycles. The van der Waals surface area contributed by atoms with Crippen LogP contribution in [0.25, 0.3) is 0 Å². The number of ether oxygens (including phenoxy) is 1. The minimum absolute atomic E-state index is 0.0692. The summed E-state index contributed by atoms with van der Waals surface area (Å²) in [5.41, 5.74) is 9.84. The molecule has 0 radical (unpaired) electrons. The van der Waals surface area contributed by atoms with E-state index in [4.69, 9.17) is 15.9 Å². The molecule has 2 aromatic rings. The fraction of sp³-hybridized carbons (Fsp3) is 0.267. The molecule has 2 rings (SSSR count). The Bertz CT molecular complexity index is 680. The van der Waals surface area contributed by atoms with Crippen molar-refractivity contribution in [3.8, 4) is 11.6 Å². The van der Waals surface area contributed by atoms with Gasteiger partial charge in [0.25, 0.3) is 0 Å². The molecule has 0 atom stereocenters. The highest BCUT2D eigenvalue weighted by molar-refractivity contribution is 5.98. The van der Waals surface area contributed by atoms with Crippen molar-refractivity contribution in [2.75, 3.05) is 0 Å². The van der Waals surface area contributed by atoms with Crippen molar-refractivity contribution in [3.63, 3.8) is 0 Å². The normalized spacial score (nSPS) is 10.4. The SMILES string of the molecule is Cc1ccc(Oc2nnc(C)c(C)c2C(=N)N)c(C)c1. The zero-order valence-electron chi connectivity index (χ0n) is 12.1. The van der Waals surface area contributed by atoms with E-state index in [2.05, 4.69) is 10.2 Å². The van der Waals surface area contributed by atoms with Crippen LogP contribution in [0.1, 0.15) is 27.9 Å². The Morgan fingerprint density at radius 3 is 2.45 bits per heavy atom. The van der Waals surface area contributed by atoms with Crippen LogP contribution in [0.15, 0.2) is 18.2 Å². The first-order chi connectivity index (χ1) is 9.40. The summed E-state index contributed by atoms with van der Waals surface area (Å²) in [6.07, 6.45) is 0. The second-order valence-corrected chi connectivity index (χ2v) is 4.88. The fourth-order valence-electron chi connectivity index (χ4n) is 1.99. The van der Waals surface area contributed by atoms with E-state index in [1.165, 1.54) is 0 Å². The molecular formula is C15H18N4O. The first-order valence-corrected chi connectivity index (χ1v) is 6.33. The second kappa shape index (κ2) is 5.28. The van der Waals surface area contributed by atoms with E-state index < -0.39 is 0 Å². The lowest BCUT2D eigenvalue weighted by molar-refractivity contribution is 0.449. The average Bonchev–Trinajstić information content (AvgIpc) is 2.36. The highest BCUT2D eigenvalue weighted by Gasteiger charge is 2.16. The number of aryl methyl sites for hydroxylation is 3. The predicted molar refractivity (Wildman–Crippen MR) is 78.5 cm³/mol. The van der Waals surface area contributed by atoms with Crippen LogP contribution in [0.4, 0.5) is 0 Å². The Kier molecular flexibility index (Phi) is 3.70. The highest BCUT2D eigenvalue weighted by Crippen LogP contribution is 2.28. The standard InChI is InChI=1S/C15H18N4O/c1-8-5-6-12(9(2)7-8)20-15-13(14(16)17)10(3)11(4)18-19-15/h5-7H,1-4H3,(H3,16,17). The molecule has 3 N–H and O–H groups in total. The van der Waals surface area contributed by atoms with Gasteiger partial charge in [-0.25, -0.2) is 0 Å². The van der Waals surface area contributed by atoms with E-state index in [-0.39, 0.29) is 11.7 Å². The summed E-state index contributed by atoms with van der Waals surface area (Å²) in [5.74, 6) is 0.892. The van der Waals surface area contributed by atoms with Crippen LogP contribution in [0, 0.1) is 33.1 Å². The zero-order valence-corrected chi connectivity index (χ0v) is 12.1. The molecule has 0 saturated heterocycles. The Hall–Kier alpha value is -2.43. The maximum absolute atomic E-state index is 7.70. The smallest absolute Gasteiger partial charge is 0.250 e. The molecule has 104 valence electrons. The van der Waals surface area contributed by atoms with E-state index in [1.54, 1.807) is 0 Å². The summed E-state index contributed by atoms with van der Waals surface area (Å²) >= 11 is 0. The van der Waals surface area contributed by atoms with Gasteiger partial charge >= 0.3 is 0 Å². The molecule has 0 bridgehead atoms. The lowest BCUT2D eigenvalue weighted by atomic mass is 10.1. The summed E-state index contributed by atoms with van der Waals surface area (Å²) in [4.78, 5) is 0. The number of amidine groups is 1. The maximum atomic E-state index is 7.70. The molecule has 0 unspecified atom stereocenters. The number of rotatable bonds is 3. The molecule has 0 aliphatic rings. The van der Waals surface area contributed by atoms with Gasteiger partial charge in [-0.15, -0.1) is 5.10 Å². The summed E-state index contributed by atoms with van der Waals surface area (Å²) < 4.78 is 5.80. The number of nitrogen functional groups attached to an aromatic ring is 1. The van der Waals surface area contributed by atoms with E-state index in [0.717, 1.165) is 22.4 Å². The third-order valence-electron chi connectivity index (χ3n) is 3.23. The van der Waals surface area contributed by atoms with Crippen molar-refractivity contribution in [1.82, 2.24) is 10.2 Å². The number of hydrogen-bond donors (Lipinski definition) is 2. The van der Waals surface area contributed by atoms with Crippen LogP contribution in [0.5, 0.6) is 11.6 Å². The summed E-state index contributed by atoms with van der Waals surface area (Å²) in [7, 11) is 0. The lowest BCUT2D eigenvalue weighted by Gasteiger charge is -2.13. The molecule has 1 heterocycles. The van der Waals surface area contributed by atoms with Crippen LogP contribution in [0.2, 0.25) is 0 Å². The van der Waals surface area contributed by atoms with Crippen LogP contribution < -0.4 is 10.5 Å². The third kappa shape index (κ3) is 2.61. The quantitative estimate of drug-likeness (QED) is 0.663. The molecule has 20 heavy (non-hydrogen) atoms. The van der Waals surface area contributed by atoms with Crippen LogP contribution in [0.3, 0.4) is 0 Å². The first-order valence-electron chi connectivity index (χ1n) is 6.33. The van der Waals surface area contributed by atoms with Gasteiger partial charge in [-0.2, -0.15) is 5.10 Å². The van der Waals surface area contributed by atoms with Crippen molar-refractivity contribution < 1.29 is 4.74 Å². The average molecular weight is 270 g/mol. The van der Waals surface area contributed by atoms with E-state index in [1.807, 2.05) is 45.9 Å². The third-order valence-corrected chi connectivity index (χ3v) is 3.23. The van der Waals surface area contributed by atoms with Gasteiger partial charge < -0.3 is 10.5 Å². The Morgan fingerprint density at radius 1 is 1.15 bits per heavy atom. The molecule has 0 fully saturated rings. The monoisotopic (exact) mass is 270 g/mol. The summed E-state index contributed by atoms with van der Waals surface area (Å²) in [5, 5.41) is 15.8. The van der Waals surface area contributed by atoms with Gasteiger partial charge in [-0.3, -0.25) is 5.41 Å². The number of aromatic nitrogens is 2. The van der Waals surface area contributed by atoms with Gasteiger partial charge in [0.05, 0.1) is 11.3 Å². The molecule has 0 aliphatic heterocycles. The predicted octanol–water partition coefficient (Wildman–Crippen LogP) is 2.79. The van der Waals surface area contributed by atoms with E-state index in [9.17, 15) is 0 Å². The fourth-order valence-corrected chi connectivity index (χ4v) is 1.99. The topological polar surface area (TPSA) is 84.9 Å². The van der Waals surface area contributed by atoms with Gasteiger partial charge in [-0.1, -0.05) is 17.7 Å². The molecule has 1 aromatic heterocycles. The highest BCUT2D eigenvalue weighted by atomic mass is 16.5. The van der Waals surface area contributed by atoms with Crippen LogP contribution in [-0.4, -0.2) is 16.0 Å². The molecule has 0 spiro atoms. The number of nitrogens with zero attached hydrogens (tertiary/aromatic N) is 2. The van der Waals surface area contributed by atoms with Crippen molar-refractivity contribution in [2.24, 2.45) is 5.73 Å². The second-order valence-electron chi connectivity index (χ2n) is 4.88. The molecule has 0 aliphatic carbocycles. The van der Waals surface area contributed by atoms with E-state index in [0.29, 0.717) is 11.3 Å². The lowest BCUT2D eigenvalue weighted by Crippen LogP contribution is -2.16. The Morgan fingerprint density at radius 2 is 1.85 bits per heavy atom. The van der Waals surface area contributed by atoms with Gasteiger partial charge in [0.2, 0.25) is 5.88 Å². The van der Waals surface area contributed by atoms with E-state index >= 15 is 0 Å². The van der Waals surface area contributed by atoms with Crippen molar-refractivity contribution in [2.45, 2.75) is 27.7 Å². The van der Waals surface area contributed by atoms with Gasteiger partial charge in [0.1, 0.15) is 11.6 Å². The number of hydrogen-bond acceptors (Lipinski definition) is 4. The maximum Gasteiger partial charge on any atom is 0.250 e. The number of benzene rings is 1.